The van der Waals surface area contributed by atoms with Gasteiger partial charge in [0.15, 0.2) is 5.96 Å². The van der Waals surface area contributed by atoms with Crippen LogP contribution in [0.4, 0.5) is 5.69 Å². The van der Waals surface area contributed by atoms with E-state index in [9.17, 15) is 14.4 Å². The molecule has 46 heavy (non-hydrogen) atoms. The molecule has 0 saturated heterocycles. The molecule has 0 spiro atoms. The van der Waals surface area contributed by atoms with E-state index < -0.39 is 35.8 Å². The van der Waals surface area contributed by atoms with Crippen LogP contribution >= 0.6 is 0 Å². The lowest BCUT2D eigenvalue weighted by molar-refractivity contribution is -0.131. The number of anilines is 1. The van der Waals surface area contributed by atoms with Gasteiger partial charge in [0.1, 0.15) is 17.8 Å². The van der Waals surface area contributed by atoms with Crippen LogP contribution < -0.4 is 37.9 Å². The van der Waals surface area contributed by atoms with E-state index in [1.165, 1.54) is 0 Å². The molecule has 3 atom stereocenters. The van der Waals surface area contributed by atoms with Crippen LogP contribution in [0.25, 0.3) is 10.8 Å². The number of ether oxygens (including phenoxy) is 1. The van der Waals surface area contributed by atoms with E-state index in [-0.39, 0.29) is 25.3 Å². The van der Waals surface area contributed by atoms with E-state index in [0.29, 0.717) is 24.3 Å². The monoisotopic (exact) mass is 623 g/mol. The molecule has 0 aromatic heterocycles. The third kappa shape index (κ3) is 9.80. The van der Waals surface area contributed by atoms with Gasteiger partial charge in [-0.3, -0.25) is 19.4 Å². The molecule has 0 aliphatic carbocycles. The van der Waals surface area contributed by atoms with Gasteiger partial charge in [-0.25, -0.2) is 0 Å². The highest BCUT2D eigenvalue weighted by molar-refractivity contribution is 6.01. The summed E-state index contributed by atoms with van der Waals surface area (Å²) in [6, 6.07) is 27.1. The van der Waals surface area contributed by atoms with Crippen LogP contribution in [0, 0.1) is 0 Å². The van der Waals surface area contributed by atoms with Crippen LogP contribution in [0.5, 0.6) is 5.75 Å². The second-order valence-corrected chi connectivity index (χ2v) is 10.9. The van der Waals surface area contributed by atoms with Gasteiger partial charge in [0.05, 0.1) is 13.2 Å². The molecule has 0 fully saturated rings. The Kier molecular flexibility index (Phi) is 12.1. The van der Waals surface area contributed by atoms with Crippen molar-refractivity contribution in [2.75, 3.05) is 19.0 Å². The summed E-state index contributed by atoms with van der Waals surface area (Å²) < 4.78 is 5.55. The van der Waals surface area contributed by atoms with Gasteiger partial charge in [-0.2, -0.15) is 0 Å². The Morgan fingerprint density at radius 3 is 2.02 bits per heavy atom. The lowest BCUT2D eigenvalue weighted by Crippen LogP contribution is -2.56. The van der Waals surface area contributed by atoms with Crippen molar-refractivity contribution in [1.82, 2.24) is 10.6 Å². The number of benzene rings is 4. The average Bonchev–Trinajstić information content (AvgIpc) is 3.06. The molecule has 4 aromatic rings. The molecule has 0 unspecified atom stereocenters. The smallest absolute Gasteiger partial charge is 0.246 e. The second-order valence-electron chi connectivity index (χ2n) is 10.9. The number of nitrogens with zero attached hydrogens (tertiary/aromatic N) is 1. The molecule has 9 N–H and O–H groups in total. The van der Waals surface area contributed by atoms with Crippen LogP contribution in [0.2, 0.25) is 0 Å². The Hall–Kier alpha value is -5.42. The molecule has 0 aliphatic rings. The first-order chi connectivity index (χ1) is 22.2. The highest BCUT2D eigenvalue weighted by Crippen LogP contribution is 2.30. The van der Waals surface area contributed by atoms with Crippen LogP contribution in [0.15, 0.2) is 102 Å². The maximum absolute atomic E-state index is 13.8. The zero-order chi connectivity index (χ0) is 32.9. The lowest BCUT2D eigenvalue weighted by atomic mass is 10.0. The van der Waals surface area contributed by atoms with Gasteiger partial charge in [0.2, 0.25) is 17.7 Å². The first-order valence-electron chi connectivity index (χ1n) is 15.1. The summed E-state index contributed by atoms with van der Waals surface area (Å²) in [5.41, 5.74) is 19.4. The summed E-state index contributed by atoms with van der Waals surface area (Å²) in [5.74, 6) is -0.912. The number of rotatable bonds is 15. The number of carbonyl (C=O) groups excluding carboxylic acids is 3. The number of guanidine groups is 1. The van der Waals surface area contributed by atoms with Gasteiger partial charge in [0, 0.05) is 30.1 Å². The van der Waals surface area contributed by atoms with E-state index in [1.54, 1.807) is 13.2 Å². The second kappa shape index (κ2) is 16.6. The fraction of sp³-hybridized carbons (Fsp3) is 0.257. The molecule has 0 radical (unpaired) electrons. The van der Waals surface area contributed by atoms with E-state index in [1.807, 2.05) is 91.0 Å². The topological polar surface area (TPSA) is 187 Å². The third-order valence-electron chi connectivity index (χ3n) is 7.44. The van der Waals surface area contributed by atoms with Crippen molar-refractivity contribution in [3.8, 4) is 5.75 Å². The van der Waals surface area contributed by atoms with Crippen LogP contribution in [0.1, 0.15) is 24.0 Å². The molecular weight excluding hydrogens is 582 g/mol. The van der Waals surface area contributed by atoms with Crippen molar-refractivity contribution in [3.63, 3.8) is 0 Å². The summed E-state index contributed by atoms with van der Waals surface area (Å²) in [6.07, 6.45) is 1.14. The minimum atomic E-state index is -0.995. The zero-order valence-corrected chi connectivity index (χ0v) is 25.8. The minimum Gasteiger partial charge on any atom is -0.496 e. The first-order valence-corrected chi connectivity index (χ1v) is 15.1. The standard InChI is InChI=1S/C35H41N7O4/c1-46-31-22-26(21-25-15-8-9-16-27(25)31)40-33(44)29(17-10-18-39-35(37)38)41-34(45)30(20-24-13-6-3-7-14-24)42-32(43)28(36)19-23-11-4-2-5-12-23/h2-9,11-16,21-22,28-30H,10,17-20,36H2,1H3,(H,40,44)(H,41,45)(H,42,43)(H4,37,38,39)/t28-,29+,30+/m1/s1. The molecule has 0 heterocycles. The van der Waals surface area contributed by atoms with Gasteiger partial charge in [0.25, 0.3) is 0 Å². The number of hydrogen-bond donors (Lipinski definition) is 6. The number of nitrogens with one attached hydrogen (secondary N) is 3. The maximum Gasteiger partial charge on any atom is 0.246 e. The fourth-order valence-corrected chi connectivity index (χ4v) is 5.09. The van der Waals surface area contributed by atoms with Crippen LogP contribution in [0.3, 0.4) is 0 Å². The molecule has 3 amide bonds. The number of carbonyl (C=O) groups is 3. The van der Waals surface area contributed by atoms with Crippen molar-refractivity contribution in [1.29, 1.82) is 0 Å². The number of hydrogen-bond acceptors (Lipinski definition) is 6. The van der Waals surface area contributed by atoms with Crippen LogP contribution in [-0.4, -0.2) is 55.5 Å². The van der Waals surface area contributed by atoms with Gasteiger partial charge in [-0.05, 0) is 41.8 Å². The van der Waals surface area contributed by atoms with E-state index in [2.05, 4.69) is 20.9 Å². The summed E-state index contributed by atoms with van der Waals surface area (Å²) >= 11 is 0. The fourth-order valence-electron chi connectivity index (χ4n) is 5.09. The Balaban J connectivity index is 1.54. The number of aliphatic imine (C=N–C) groups is 1. The number of fused-ring (bicyclic) bond motifs is 1. The SMILES string of the molecule is COc1cc(NC(=O)[C@H](CCCN=C(N)N)NC(=O)[C@H](Cc2ccccc2)NC(=O)[C@H](N)Cc2ccccc2)cc2ccccc12. The van der Waals surface area contributed by atoms with E-state index >= 15 is 0 Å². The Morgan fingerprint density at radius 2 is 1.37 bits per heavy atom. The lowest BCUT2D eigenvalue weighted by Gasteiger charge is -2.24. The Morgan fingerprint density at radius 1 is 0.761 bits per heavy atom. The molecule has 0 saturated carbocycles. The molecule has 4 aromatic carbocycles. The molecule has 11 nitrogen and oxygen atoms in total. The molecule has 0 bridgehead atoms. The van der Waals surface area contributed by atoms with Crippen LogP contribution in [-0.2, 0) is 27.2 Å². The van der Waals surface area contributed by atoms with E-state index in [4.69, 9.17) is 21.9 Å². The summed E-state index contributed by atoms with van der Waals surface area (Å²) in [6.45, 7) is 0.268. The van der Waals surface area contributed by atoms with Gasteiger partial charge >= 0.3 is 0 Å². The first kappa shape index (κ1) is 33.5. The Bertz CT molecular complexity index is 1640. The van der Waals surface area contributed by atoms with Crippen molar-refractivity contribution in [2.24, 2.45) is 22.2 Å². The summed E-state index contributed by atoms with van der Waals surface area (Å²) in [7, 11) is 1.56. The molecule has 11 heteroatoms. The number of methoxy groups -OCH3 is 1. The number of amides is 3. The van der Waals surface area contributed by atoms with Crippen molar-refractivity contribution >= 4 is 40.1 Å². The highest BCUT2D eigenvalue weighted by Gasteiger charge is 2.28. The largest absolute Gasteiger partial charge is 0.496 e. The molecule has 4 rings (SSSR count). The normalized spacial score (nSPS) is 12.7. The Labute approximate surface area is 268 Å². The van der Waals surface area contributed by atoms with Gasteiger partial charge < -0.3 is 37.9 Å². The minimum absolute atomic E-state index is 0.0641. The molecular formula is C35H41N7O4. The highest BCUT2D eigenvalue weighted by atomic mass is 16.5. The van der Waals surface area contributed by atoms with Crippen molar-refractivity contribution in [2.45, 2.75) is 43.8 Å². The van der Waals surface area contributed by atoms with E-state index in [0.717, 1.165) is 21.9 Å². The summed E-state index contributed by atoms with van der Waals surface area (Å²) in [4.78, 5) is 44.7. The quantitative estimate of drug-likeness (QED) is 0.0667. The van der Waals surface area contributed by atoms with Gasteiger partial charge in [-0.1, -0.05) is 84.9 Å². The average molecular weight is 624 g/mol. The maximum atomic E-state index is 13.8. The number of nitrogens with two attached hydrogens (primary N) is 3. The third-order valence-corrected chi connectivity index (χ3v) is 7.44. The molecule has 0 aliphatic heterocycles. The van der Waals surface area contributed by atoms with Crippen molar-refractivity contribution in [3.05, 3.63) is 108 Å². The zero-order valence-electron chi connectivity index (χ0n) is 25.8. The molecule has 240 valence electrons. The predicted molar refractivity (Wildman–Crippen MR) is 181 cm³/mol. The summed E-state index contributed by atoms with van der Waals surface area (Å²) in [5, 5.41) is 10.4. The predicted octanol–water partition coefficient (Wildman–Crippen LogP) is 2.62. The van der Waals surface area contributed by atoms with Crippen molar-refractivity contribution < 1.29 is 19.1 Å². The van der Waals surface area contributed by atoms with Gasteiger partial charge in [-0.15, -0.1) is 0 Å².